The molecular formula is C8H10N2O3S. The molecule has 0 saturated carbocycles. The molecule has 1 rings (SSSR count). The van der Waals surface area contributed by atoms with Crippen LogP contribution in [0.15, 0.2) is 12.7 Å². The van der Waals surface area contributed by atoms with Gasteiger partial charge in [-0.3, -0.25) is 19.3 Å². The fourth-order valence-corrected chi connectivity index (χ4v) is 1.71. The Balaban J connectivity index is 2.30. The van der Waals surface area contributed by atoms with Gasteiger partial charge in [-0.15, -0.1) is 0 Å². The quantitative estimate of drug-likeness (QED) is 0.668. The fraction of sp³-hybridized carbons (Fsp3) is 0.375. The van der Waals surface area contributed by atoms with Crippen LogP contribution in [0.3, 0.4) is 0 Å². The van der Waals surface area contributed by atoms with E-state index in [9.17, 15) is 14.4 Å². The van der Waals surface area contributed by atoms with Crippen molar-refractivity contribution in [3.8, 4) is 0 Å². The van der Waals surface area contributed by atoms with Crippen molar-refractivity contribution in [2.75, 3.05) is 18.8 Å². The predicted octanol–water partition coefficient (Wildman–Crippen LogP) is -0.0160. The summed E-state index contributed by atoms with van der Waals surface area (Å²) in [5.74, 6) is -0.307. The van der Waals surface area contributed by atoms with Crippen molar-refractivity contribution >= 4 is 28.8 Å². The molecule has 0 unspecified atom stereocenters. The molecule has 1 saturated heterocycles. The maximum absolute atomic E-state index is 11.1. The van der Waals surface area contributed by atoms with Gasteiger partial charge in [-0.25, -0.2) is 0 Å². The maximum Gasteiger partial charge on any atom is 0.288 e. The Kier molecular flexibility index (Phi) is 3.70. The molecule has 0 aliphatic carbocycles. The summed E-state index contributed by atoms with van der Waals surface area (Å²) in [4.78, 5) is 34.0. The number of imide groups is 1. The number of amides is 3. The highest BCUT2D eigenvalue weighted by Gasteiger charge is 2.29. The minimum Gasteiger partial charge on any atom is -0.351 e. The molecule has 5 nitrogen and oxygen atoms in total. The smallest absolute Gasteiger partial charge is 0.288 e. The summed E-state index contributed by atoms with van der Waals surface area (Å²) in [6.45, 7) is 3.77. The van der Waals surface area contributed by atoms with E-state index in [1.54, 1.807) is 0 Å². The molecular weight excluding hydrogens is 204 g/mol. The third kappa shape index (κ3) is 2.59. The van der Waals surface area contributed by atoms with E-state index < -0.39 is 0 Å². The van der Waals surface area contributed by atoms with E-state index in [1.807, 2.05) is 0 Å². The average Bonchev–Trinajstić information content (AvgIpc) is 2.48. The number of rotatable bonds is 4. The van der Waals surface area contributed by atoms with Crippen LogP contribution in [0, 0.1) is 0 Å². The summed E-state index contributed by atoms with van der Waals surface area (Å²) in [7, 11) is 0. The largest absolute Gasteiger partial charge is 0.351 e. The zero-order chi connectivity index (χ0) is 10.6. The Hall–Kier alpha value is -1.30. The second-order valence-corrected chi connectivity index (χ2v) is 3.52. The molecule has 6 heteroatoms. The third-order valence-electron chi connectivity index (χ3n) is 1.66. The molecule has 0 aromatic carbocycles. The predicted molar refractivity (Wildman–Crippen MR) is 52.8 cm³/mol. The molecule has 1 aliphatic rings. The number of carbonyl (C=O) groups is 3. The van der Waals surface area contributed by atoms with Crippen LogP contribution in [0.1, 0.15) is 0 Å². The van der Waals surface area contributed by atoms with Gasteiger partial charge < -0.3 is 5.32 Å². The Morgan fingerprint density at radius 3 is 2.86 bits per heavy atom. The third-order valence-corrected chi connectivity index (χ3v) is 2.52. The molecule has 1 heterocycles. The van der Waals surface area contributed by atoms with Gasteiger partial charge in [0, 0.05) is 13.1 Å². The minimum atomic E-state index is -0.309. The zero-order valence-corrected chi connectivity index (χ0v) is 8.30. The normalized spacial score (nSPS) is 15.9. The number of carbonyl (C=O) groups excluding carboxylic acids is 3. The summed E-state index contributed by atoms with van der Waals surface area (Å²) in [6, 6.07) is 0. The van der Waals surface area contributed by atoms with Crippen molar-refractivity contribution in [2.45, 2.75) is 0 Å². The zero-order valence-electron chi connectivity index (χ0n) is 7.49. The van der Waals surface area contributed by atoms with Gasteiger partial charge in [0.25, 0.3) is 5.24 Å². The molecule has 0 aromatic rings. The van der Waals surface area contributed by atoms with Gasteiger partial charge in [0.1, 0.15) is 0 Å². The summed E-state index contributed by atoms with van der Waals surface area (Å²) in [5, 5.41) is 2.24. The molecule has 1 aliphatic heterocycles. The first-order valence-electron chi connectivity index (χ1n) is 4.02. The number of thioether (sulfide) groups is 1. The molecule has 76 valence electrons. The Bertz CT molecular complexity index is 274. The van der Waals surface area contributed by atoms with Crippen LogP contribution in [0.5, 0.6) is 0 Å². The second kappa shape index (κ2) is 4.80. The summed E-state index contributed by atoms with van der Waals surface area (Å²) in [6.07, 6.45) is 1.14. The van der Waals surface area contributed by atoms with Crippen LogP contribution in [0.2, 0.25) is 0 Å². The Morgan fingerprint density at radius 2 is 2.36 bits per heavy atom. The van der Waals surface area contributed by atoms with Crippen molar-refractivity contribution in [3.05, 3.63) is 12.7 Å². The number of hydrogen-bond acceptors (Lipinski definition) is 4. The summed E-state index contributed by atoms with van der Waals surface area (Å²) >= 11 is 0.983. The molecule has 3 amide bonds. The molecule has 0 bridgehead atoms. The lowest BCUT2D eigenvalue weighted by atomic mass is 10.5. The van der Waals surface area contributed by atoms with Crippen molar-refractivity contribution in [2.24, 2.45) is 0 Å². The topological polar surface area (TPSA) is 66.5 Å². The number of nitrogens with zero attached hydrogens (tertiary/aromatic N) is 1. The molecule has 0 aromatic heterocycles. The van der Waals surface area contributed by atoms with Crippen LogP contribution in [-0.2, 0) is 9.59 Å². The molecule has 1 fully saturated rings. The molecule has 1 N–H and O–H groups in total. The van der Waals surface area contributed by atoms with Crippen molar-refractivity contribution in [1.29, 1.82) is 0 Å². The van der Waals surface area contributed by atoms with E-state index in [-0.39, 0.29) is 35.9 Å². The fourth-order valence-electron chi connectivity index (χ4n) is 0.960. The summed E-state index contributed by atoms with van der Waals surface area (Å²) < 4.78 is 0. The van der Waals surface area contributed by atoms with E-state index in [0.29, 0.717) is 0 Å². The van der Waals surface area contributed by atoms with Crippen LogP contribution in [0.4, 0.5) is 4.79 Å². The lowest BCUT2D eigenvalue weighted by Crippen LogP contribution is -2.36. The second-order valence-electron chi connectivity index (χ2n) is 2.60. The first-order valence-corrected chi connectivity index (χ1v) is 5.01. The van der Waals surface area contributed by atoms with Crippen LogP contribution in [0.25, 0.3) is 0 Å². The van der Waals surface area contributed by atoms with E-state index in [4.69, 9.17) is 0 Å². The minimum absolute atomic E-state index is 0.201. The van der Waals surface area contributed by atoms with E-state index >= 15 is 0 Å². The van der Waals surface area contributed by atoms with E-state index in [2.05, 4.69) is 11.9 Å². The highest BCUT2D eigenvalue weighted by molar-refractivity contribution is 8.14. The summed E-state index contributed by atoms with van der Waals surface area (Å²) in [5.41, 5.74) is 0. The van der Waals surface area contributed by atoms with Crippen molar-refractivity contribution < 1.29 is 14.4 Å². The first-order chi connectivity index (χ1) is 6.65. The highest BCUT2D eigenvalue weighted by Crippen LogP contribution is 2.17. The molecule has 0 atom stereocenters. The Morgan fingerprint density at radius 1 is 1.64 bits per heavy atom. The van der Waals surface area contributed by atoms with Crippen molar-refractivity contribution in [3.63, 3.8) is 0 Å². The standard InChI is InChI=1S/C8H10N2O3S/c1-2-6(11)9-3-4-10-7(12)5-14-8(10)13/h2H,1,3-5H2,(H,9,11). The van der Waals surface area contributed by atoms with Gasteiger partial charge in [0.05, 0.1) is 5.75 Å². The highest BCUT2D eigenvalue weighted by atomic mass is 32.2. The van der Waals surface area contributed by atoms with E-state index in [0.717, 1.165) is 22.7 Å². The first kappa shape index (κ1) is 10.8. The average molecular weight is 214 g/mol. The molecule has 0 radical (unpaired) electrons. The monoisotopic (exact) mass is 214 g/mol. The van der Waals surface area contributed by atoms with Gasteiger partial charge in [0.15, 0.2) is 0 Å². The lowest BCUT2D eigenvalue weighted by molar-refractivity contribution is -0.125. The van der Waals surface area contributed by atoms with Gasteiger partial charge in [-0.1, -0.05) is 18.3 Å². The lowest BCUT2D eigenvalue weighted by Gasteiger charge is -2.12. The van der Waals surface area contributed by atoms with Gasteiger partial charge in [-0.2, -0.15) is 0 Å². The number of nitrogens with one attached hydrogen (secondary N) is 1. The molecule has 14 heavy (non-hydrogen) atoms. The van der Waals surface area contributed by atoms with Crippen molar-refractivity contribution in [1.82, 2.24) is 10.2 Å². The van der Waals surface area contributed by atoms with Crippen LogP contribution < -0.4 is 5.32 Å². The van der Waals surface area contributed by atoms with Gasteiger partial charge in [0.2, 0.25) is 11.8 Å². The van der Waals surface area contributed by atoms with Crippen LogP contribution >= 0.6 is 11.8 Å². The molecule has 0 spiro atoms. The Labute approximate surface area is 85.5 Å². The van der Waals surface area contributed by atoms with Crippen LogP contribution in [-0.4, -0.2) is 40.8 Å². The SMILES string of the molecule is C=CC(=O)NCCN1C(=O)CSC1=O. The maximum atomic E-state index is 11.1. The number of hydrogen-bond donors (Lipinski definition) is 1. The van der Waals surface area contributed by atoms with Gasteiger partial charge in [-0.05, 0) is 6.08 Å². The van der Waals surface area contributed by atoms with Gasteiger partial charge >= 0.3 is 0 Å². The van der Waals surface area contributed by atoms with E-state index in [1.165, 1.54) is 0 Å².